The maximum atomic E-state index is 11.1. The third kappa shape index (κ3) is 3.86. The van der Waals surface area contributed by atoms with Gasteiger partial charge in [0.15, 0.2) is 0 Å². The quantitative estimate of drug-likeness (QED) is 0.929. The van der Waals surface area contributed by atoms with Gasteiger partial charge in [-0.1, -0.05) is 41.4 Å². The molecule has 0 unspecified atom stereocenters. The van der Waals surface area contributed by atoms with Crippen LogP contribution in [0.4, 0.5) is 5.69 Å². The maximum Gasteiger partial charge on any atom is 0.229 e. The molecule has 2 aromatic carbocycles. The van der Waals surface area contributed by atoms with Crippen LogP contribution in [0, 0.1) is 0 Å². The van der Waals surface area contributed by atoms with Crippen LogP contribution in [0.5, 0.6) is 0 Å². The molecule has 19 heavy (non-hydrogen) atoms. The van der Waals surface area contributed by atoms with Gasteiger partial charge in [0.2, 0.25) is 10.0 Å². The van der Waals surface area contributed by atoms with Crippen molar-refractivity contribution in [2.24, 2.45) is 0 Å². The lowest BCUT2D eigenvalue weighted by Gasteiger charge is -2.08. The Bertz CT molecular complexity index is 697. The standard InChI is InChI=1S/C13H11Cl2NO2S/c1-19(17,18)16-11-6-7-12(13(15)8-11)9-2-4-10(14)5-3-9/h2-8,16H,1H3. The summed E-state index contributed by atoms with van der Waals surface area (Å²) in [6.45, 7) is 0. The first-order valence-electron chi connectivity index (χ1n) is 5.38. The Morgan fingerprint density at radius 1 is 1.00 bits per heavy atom. The Balaban J connectivity index is 2.37. The predicted molar refractivity (Wildman–Crippen MR) is 80.4 cm³/mol. The highest BCUT2D eigenvalue weighted by Crippen LogP contribution is 2.31. The molecule has 0 radical (unpaired) electrons. The molecule has 0 amide bonds. The molecule has 2 aromatic rings. The Hall–Kier alpha value is -1.23. The summed E-state index contributed by atoms with van der Waals surface area (Å²) in [6, 6.07) is 12.3. The van der Waals surface area contributed by atoms with Crippen LogP contribution in [-0.2, 0) is 10.0 Å². The van der Waals surface area contributed by atoms with Crippen molar-refractivity contribution < 1.29 is 8.42 Å². The second kappa shape index (κ2) is 5.41. The number of benzene rings is 2. The molecule has 0 heterocycles. The number of rotatable bonds is 3. The first kappa shape index (κ1) is 14.2. The van der Waals surface area contributed by atoms with Crippen LogP contribution in [0.1, 0.15) is 0 Å². The minimum absolute atomic E-state index is 0.435. The van der Waals surface area contributed by atoms with E-state index in [2.05, 4.69) is 4.72 Å². The summed E-state index contributed by atoms with van der Waals surface area (Å²) in [5.74, 6) is 0. The summed E-state index contributed by atoms with van der Waals surface area (Å²) in [4.78, 5) is 0. The molecule has 1 N–H and O–H groups in total. The molecule has 0 atom stereocenters. The molecule has 0 saturated carbocycles. The SMILES string of the molecule is CS(=O)(=O)Nc1ccc(-c2ccc(Cl)cc2)c(Cl)c1. The van der Waals surface area contributed by atoms with Gasteiger partial charge in [-0.25, -0.2) is 8.42 Å². The highest BCUT2D eigenvalue weighted by Gasteiger charge is 2.07. The van der Waals surface area contributed by atoms with Crippen LogP contribution in [0.2, 0.25) is 10.0 Å². The molecule has 0 aromatic heterocycles. The van der Waals surface area contributed by atoms with Gasteiger partial charge in [0.25, 0.3) is 0 Å². The molecule has 0 aliphatic carbocycles. The topological polar surface area (TPSA) is 46.2 Å². The van der Waals surface area contributed by atoms with Gasteiger partial charge in [-0.3, -0.25) is 4.72 Å². The Labute approximate surface area is 122 Å². The van der Waals surface area contributed by atoms with Crippen molar-refractivity contribution in [2.75, 3.05) is 11.0 Å². The zero-order valence-corrected chi connectivity index (χ0v) is 12.4. The average molecular weight is 316 g/mol. The van der Waals surface area contributed by atoms with Crippen molar-refractivity contribution in [3.05, 3.63) is 52.5 Å². The highest BCUT2D eigenvalue weighted by molar-refractivity contribution is 7.92. The molecule has 3 nitrogen and oxygen atoms in total. The van der Waals surface area contributed by atoms with Gasteiger partial charge in [0.05, 0.1) is 11.3 Å². The normalized spacial score (nSPS) is 11.3. The van der Waals surface area contributed by atoms with Gasteiger partial charge < -0.3 is 0 Å². The van der Waals surface area contributed by atoms with Gasteiger partial charge in [-0.15, -0.1) is 0 Å². The summed E-state index contributed by atoms with van der Waals surface area (Å²) in [6.07, 6.45) is 1.09. The van der Waals surface area contributed by atoms with E-state index in [9.17, 15) is 8.42 Å². The average Bonchev–Trinajstić information content (AvgIpc) is 2.29. The number of hydrogen-bond acceptors (Lipinski definition) is 2. The van der Waals surface area contributed by atoms with Crippen molar-refractivity contribution in [2.45, 2.75) is 0 Å². The summed E-state index contributed by atoms with van der Waals surface area (Å²) in [5.41, 5.74) is 2.17. The fourth-order valence-electron chi connectivity index (χ4n) is 1.66. The largest absolute Gasteiger partial charge is 0.284 e. The first-order valence-corrected chi connectivity index (χ1v) is 8.03. The lowest BCUT2D eigenvalue weighted by molar-refractivity contribution is 0.607. The summed E-state index contributed by atoms with van der Waals surface area (Å²) >= 11 is 12.0. The van der Waals surface area contributed by atoms with Crippen molar-refractivity contribution in [3.8, 4) is 11.1 Å². The minimum Gasteiger partial charge on any atom is -0.284 e. The Kier molecular flexibility index (Phi) is 4.04. The van der Waals surface area contributed by atoms with Gasteiger partial charge in [0.1, 0.15) is 0 Å². The molecular weight excluding hydrogens is 305 g/mol. The molecule has 6 heteroatoms. The zero-order chi connectivity index (χ0) is 14.0. The van der Waals surface area contributed by atoms with Crippen LogP contribution in [0.15, 0.2) is 42.5 Å². The number of anilines is 1. The van der Waals surface area contributed by atoms with Gasteiger partial charge in [-0.2, -0.15) is 0 Å². The molecule has 0 spiro atoms. The molecular formula is C13H11Cl2NO2S. The molecule has 0 aliphatic rings. The molecule has 0 bridgehead atoms. The van der Waals surface area contributed by atoms with Crippen molar-refractivity contribution in [3.63, 3.8) is 0 Å². The van der Waals surface area contributed by atoms with E-state index in [4.69, 9.17) is 23.2 Å². The Morgan fingerprint density at radius 2 is 1.63 bits per heavy atom. The summed E-state index contributed by atoms with van der Waals surface area (Å²) < 4.78 is 24.6. The minimum atomic E-state index is -3.30. The van der Waals surface area contributed by atoms with Crippen molar-refractivity contribution >= 4 is 38.9 Å². The van der Waals surface area contributed by atoms with E-state index in [0.717, 1.165) is 17.4 Å². The van der Waals surface area contributed by atoms with Crippen LogP contribution in [-0.4, -0.2) is 14.7 Å². The van der Waals surface area contributed by atoms with Crippen LogP contribution >= 0.6 is 23.2 Å². The van der Waals surface area contributed by atoms with Gasteiger partial charge in [-0.05, 0) is 29.8 Å². The maximum absolute atomic E-state index is 11.1. The third-order valence-corrected chi connectivity index (χ3v) is 3.60. The van der Waals surface area contributed by atoms with Crippen LogP contribution < -0.4 is 4.72 Å². The zero-order valence-electron chi connectivity index (χ0n) is 10.0. The van der Waals surface area contributed by atoms with E-state index in [0.29, 0.717) is 15.7 Å². The molecule has 2 rings (SSSR count). The molecule has 0 aliphatic heterocycles. The van der Waals surface area contributed by atoms with Crippen LogP contribution in [0.3, 0.4) is 0 Å². The number of nitrogens with one attached hydrogen (secondary N) is 1. The highest BCUT2D eigenvalue weighted by atomic mass is 35.5. The van der Waals surface area contributed by atoms with E-state index in [1.54, 1.807) is 30.3 Å². The van der Waals surface area contributed by atoms with Gasteiger partial charge in [0, 0.05) is 16.3 Å². The Morgan fingerprint density at radius 3 is 2.16 bits per heavy atom. The number of halogens is 2. The number of hydrogen-bond donors (Lipinski definition) is 1. The smallest absolute Gasteiger partial charge is 0.229 e. The molecule has 0 fully saturated rings. The van der Waals surface area contributed by atoms with E-state index < -0.39 is 10.0 Å². The predicted octanol–water partition coefficient (Wildman–Crippen LogP) is 4.03. The van der Waals surface area contributed by atoms with Gasteiger partial charge >= 0.3 is 0 Å². The fourth-order valence-corrected chi connectivity index (χ4v) is 2.63. The van der Waals surface area contributed by atoms with E-state index in [1.807, 2.05) is 12.1 Å². The molecule has 100 valence electrons. The third-order valence-electron chi connectivity index (χ3n) is 2.43. The van der Waals surface area contributed by atoms with Crippen molar-refractivity contribution in [1.82, 2.24) is 0 Å². The lowest BCUT2D eigenvalue weighted by Crippen LogP contribution is -2.09. The fraction of sp³-hybridized carbons (Fsp3) is 0.0769. The van der Waals surface area contributed by atoms with E-state index in [-0.39, 0.29) is 0 Å². The molecule has 0 saturated heterocycles. The van der Waals surface area contributed by atoms with Crippen molar-refractivity contribution in [1.29, 1.82) is 0 Å². The van der Waals surface area contributed by atoms with E-state index in [1.165, 1.54) is 0 Å². The first-order chi connectivity index (χ1) is 8.85. The summed E-state index contributed by atoms with van der Waals surface area (Å²) in [5, 5.41) is 1.12. The second-order valence-electron chi connectivity index (χ2n) is 4.08. The van der Waals surface area contributed by atoms with E-state index >= 15 is 0 Å². The lowest BCUT2D eigenvalue weighted by atomic mass is 10.1. The monoisotopic (exact) mass is 315 g/mol. The second-order valence-corrected chi connectivity index (χ2v) is 6.67. The summed E-state index contributed by atoms with van der Waals surface area (Å²) in [7, 11) is -3.30. The van der Waals surface area contributed by atoms with Crippen LogP contribution in [0.25, 0.3) is 11.1 Å². The number of sulfonamides is 1.